The summed E-state index contributed by atoms with van der Waals surface area (Å²) in [5, 5.41) is 2.76. The third-order valence-corrected chi connectivity index (χ3v) is 4.74. The molecule has 1 aromatic carbocycles. The molecule has 1 aliphatic heterocycles. The summed E-state index contributed by atoms with van der Waals surface area (Å²) in [4.78, 5) is 14.0. The van der Waals surface area contributed by atoms with E-state index in [2.05, 4.69) is 22.4 Å². The summed E-state index contributed by atoms with van der Waals surface area (Å²) < 4.78 is 10.6. The van der Waals surface area contributed by atoms with Crippen LogP contribution in [0.3, 0.4) is 0 Å². The van der Waals surface area contributed by atoms with E-state index in [0.29, 0.717) is 12.6 Å². The highest BCUT2D eigenvalue weighted by atomic mass is 16.5. The Bertz CT molecular complexity index is 570. The Morgan fingerprint density at radius 2 is 2.17 bits per heavy atom. The van der Waals surface area contributed by atoms with E-state index in [1.54, 1.807) is 0 Å². The second-order valence-electron chi connectivity index (χ2n) is 6.45. The number of anilines is 1. The van der Waals surface area contributed by atoms with Crippen molar-refractivity contribution in [2.24, 2.45) is 5.92 Å². The quantitative estimate of drug-likeness (QED) is 0.588. The smallest absolute Gasteiger partial charge is 0.250 e. The van der Waals surface area contributed by atoms with Crippen molar-refractivity contribution in [1.29, 1.82) is 0 Å². The number of allylic oxidation sites excluding steroid dienone is 1. The lowest BCUT2D eigenvalue weighted by molar-refractivity contribution is -0.119. The Hall–Kier alpha value is -1.85. The molecule has 1 aliphatic carbocycles. The zero-order valence-corrected chi connectivity index (χ0v) is 14.2. The molecule has 1 amide bonds. The first-order chi connectivity index (χ1) is 11.8. The number of hydrogen-bond acceptors (Lipinski definition) is 4. The van der Waals surface area contributed by atoms with E-state index in [4.69, 9.17) is 9.47 Å². The van der Waals surface area contributed by atoms with Crippen LogP contribution in [0, 0.1) is 5.92 Å². The fourth-order valence-corrected chi connectivity index (χ4v) is 3.56. The summed E-state index contributed by atoms with van der Waals surface area (Å²) in [6.45, 7) is 3.09. The standard InChI is InChI=1S/C19H26N2O3/c1-23-14-19(22)20-16-6-8-17(9-7-16)24-13-3-11-21-12-10-15-4-2-5-18(15)21/h2,5-9,15,18H,3-4,10-14H2,1H3,(H,20,22)/t15-,18+/m0/s1. The molecule has 0 radical (unpaired) electrons. The maximum atomic E-state index is 11.4. The first-order valence-corrected chi connectivity index (χ1v) is 8.68. The Morgan fingerprint density at radius 3 is 2.96 bits per heavy atom. The third-order valence-electron chi connectivity index (χ3n) is 4.74. The fourth-order valence-electron chi connectivity index (χ4n) is 3.56. The number of carbonyl (C=O) groups is 1. The first-order valence-electron chi connectivity index (χ1n) is 8.68. The van der Waals surface area contributed by atoms with Gasteiger partial charge >= 0.3 is 0 Å². The molecule has 0 aromatic heterocycles. The van der Waals surface area contributed by atoms with Crippen LogP contribution in [0.1, 0.15) is 19.3 Å². The van der Waals surface area contributed by atoms with E-state index < -0.39 is 0 Å². The van der Waals surface area contributed by atoms with Crippen LogP contribution in [0.5, 0.6) is 5.75 Å². The lowest BCUT2D eigenvalue weighted by atomic mass is 10.0. The molecular formula is C19H26N2O3. The highest BCUT2D eigenvalue weighted by Gasteiger charge is 2.33. The predicted octanol–water partition coefficient (Wildman–Crippen LogP) is 2.69. The monoisotopic (exact) mass is 330 g/mol. The number of rotatable bonds is 8. The molecule has 1 saturated heterocycles. The van der Waals surface area contributed by atoms with Crippen LogP contribution in [-0.2, 0) is 9.53 Å². The maximum absolute atomic E-state index is 11.4. The van der Waals surface area contributed by atoms with Gasteiger partial charge in [-0.3, -0.25) is 9.69 Å². The SMILES string of the molecule is COCC(=O)Nc1ccc(OCCCN2CC[C@@H]3CC=C[C@H]32)cc1. The van der Waals surface area contributed by atoms with Gasteiger partial charge < -0.3 is 14.8 Å². The molecule has 2 aliphatic rings. The van der Waals surface area contributed by atoms with E-state index in [1.165, 1.54) is 26.5 Å². The van der Waals surface area contributed by atoms with Gasteiger partial charge in [0, 0.05) is 25.4 Å². The van der Waals surface area contributed by atoms with Gasteiger partial charge in [0.1, 0.15) is 12.4 Å². The van der Waals surface area contributed by atoms with Crippen LogP contribution in [0.15, 0.2) is 36.4 Å². The van der Waals surface area contributed by atoms with Gasteiger partial charge in [-0.05, 0) is 56.0 Å². The molecule has 0 unspecified atom stereocenters. The van der Waals surface area contributed by atoms with Gasteiger partial charge in [-0.1, -0.05) is 12.2 Å². The molecular weight excluding hydrogens is 304 g/mol. The zero-order chi connectivity index (χ0) is 16.8. The number of methoxy groups -OCH3 is 1. The number of carbonyl (C=O) groups excluding carboxylic acids is 1. The van der Waals surface area contributed by atoms with Gasteiger partial charge in [0.15, 0.2) is 0 Å². The Morgan fingerprint density at radius 1 is 1.33 bits per heavy atom. The van der Waals surface area contributed by atoms with E-state index in [-0.39, 0.29) is 12.5 Å². The molecule has 1 aromatic rings. The Kier molecular flexibility index (Phi) is 5.88. The minimum absolute atomic E-state index is 0.0613. The second-order valence-corrected chi connectivity index (χ2v) is 6.45. The maximum Gasteiger partial charge on any atom is 0.250 e. The molecule has 1 fully saturated rings. The normalized spacial score (nSPS) is 22.5. The van der Waals surface area contributed by atoms with Gasteiger partial charge in [-0.2, -0.15) is 0 Å². The van der Waals surface area contributed by atoms with Gasteiger partial charge in [-0.25, -0.2) is 0 Å². The number of nitrogens with one attached hydrogen (secondary N) is 1. The van der Waals surface area contributed by atoms with E-state index >= 15 is 0 Å². The number of fused-ring (bicyclic) bond motifs is 1. The van der Waals surface area contributed by atoms with E-state index in [1.807, 2.05) is 24.3 Å². The van der Waals surface area contributed by atoms with E-state index in [9.17, 15) is 4.79 Å². The third kappa shape index (κ3) is 4.36. The van der Waals surface area contributed by atoms with Crippen LogP contribution in [0.25, 0.3) is 0 Å². The topological polar surface area (TPSA) is 50.8 Å². The van der Waals surface area contributed by atoms with Gasteiger partial charge in [-0.15, -0.1) is 0 Å². The molecule has 1 heterocycles. The number of nitrogens with zero attached hydrogens (tertiary/aromatic N) is 1. The van der Waals surface area contributed by atoms with Crippen molar-refractivity contribution in [2.45, 2.75) is 25.3 Å². The number of benzene rings is 1. The minimum atomic E-state index is -0.156. The van der Waals surface area contributed by atoms with Gasteiger partial charge in [0.2, 0.25) is 5.91 Å². The minimum Gasteiger partial charge on any atom is -0.494 e. The van der Waals surface area contributed by atoms with Crippen molar-refractivity contribution in [3.63, 3.8) is 0 Å². The van der Waals surface area contributed by atoms with Crippen molar-refractivity contribution in [1.82, 2.24) is 4.90 Å². The predicted molar refractivity (Wildman–Crippen MR) is 94.3 cm³/mol. The second kappa shape index (κ2) is 8.31. The van der Waals surface area contributed by atoms with Crippen LogP contribution in [-0.4, -0.2) is 50.3 Å². The van der Waals surface area contributed by atoms with Crippen LogP contribution < -0.4 is 10.1 Å². The largest absolute Gasteiger partial charge is 0.494 e. The van der Waals surface area contributed by atoms with Crippen LogP contribution in [0.4, 0.5) is 5.69 Å². The number of amides is 1. The number of ether oxygens (including phenoxy) is 2. The van der Waals surface area contributed by atoms with E-state index in [0.717, 1.165) is 30.3 Å². The molecule has 5 heteroatoms. The molecule has 130 valence electrons. The summed E-state index contributed by atoms with van der Waals surface area (Å²) in [6, 6.07) is 8.12. The summed E-state index contributed by atoms with van der Waals surface area (Å²) in [5.41, 5.74) is 0.750. The van der Waals surface area contributed by atoms with Crippen molar-refractivity contribution >= 4 is 11.6 Å². The lowest BCUT2D eigenvalue weighted by Gasteiger charge is -2.22. The van der Waals surface area contributed by atoms with Crippen LogP contribution >= 0.6 is 0 Å². The first kappa shape index (κ1) is 17.0. The van der Waals surface area contributed by atoms with Crippen molar-refractivity contribution in [3.8, 4) is 5.75 Å². The molecule has 3 rings (SSSR count). The van der Waals surface area contributed by atoms with Gasteiger partial charge in [0.05, 0.1) is 6.61 Å². The molecule has 24 heavy (non-hydrogen) atoms. The number of likely N-dealkylation sites (tertiary alicyclic amines) is 1. The molecule has 0 spiro atoms. The Labute approximate surface area is 143 Å². The molecule has 2 atom stereocenters. The summed E-state index contributed by atoms with van der Waals surface area (Å²) in [5.74, 6) is 1.53. The Balaban J connectivity index is 1.36. The van der Waals surface area contributed by atoms with Crippen molar-refractivity contribution in [2.75, 3.05) is 38.7 Å². The zero-order valence-electron chi connectivity index (χ0n) is 14.2. The summed E-state index contributed by atoms with van der Waals surface area (Å²) >= 11 is 0. The van der Waals surface area contributed by atoms with Gasteiger partial charge in [0.25, 0.3) is 0 Å². The molecule has 0 bridgehead atoms. The fraction of sp³-hybridized carbons (Fsp3) is 0.526. The highest BCUT2D eigenvalue weighted by molar-refractivity contribution is 5.91. The van der Waals surface area contributed by atoms with Crippen molar-refractivity contribution in [3.05, 3.63) is 36.4 Å². The van der Waals surface area contributed by atoms with Crippen molar-refractivity contribution < 1.29 is 14.3 Å². The van der Waals surface area contributed by atoms with Crippen LogP contribution in [0.2, 0.25) is 0 Å². The summed E-state index contributed by atoms with van der Waals surface area (Å²) in [6.07, 6.45) is 8.31. The average Bonchev–Trinajstić information content (AvgIpc) is 3.17. The highest BCUT2D eigenvalue weighted by Crippen LogP contribution is 2.32. The summed E-state index contributed by atoms with van der Waals surface area (Å²) in [7, 11) is 1.50. The average molecular weight is 330 g/mol. The molecule has 1 N–H and O–H groups in total. The molecule has 5 nitrogen and oxygen atoms in total. The lowest BCUT2D eigenvalue weighted by Crippen LogP contribution is -2.31. The molecule has 0 saturated carbocycles. The number of hydrogen-bond donors (Lipinski definition) is 1.